The maximum atomic E-state index is 11.6. The van der Waals surface area contributed by atoms with Gasteiger partial charge in [-0.15, -0.1) is 0 Å². The standard InChI is InChI=1S/C10H17NO/c1-7(2)10(12)9-5-4-6-11-8(9)3/h8-9,11H,1,4-6H2,2-3H3. The van der Waals surface area contributed by atoms with Crippen LogP contribution in [0.4, 0.5) is 0 Å². The van der Waals surface area contributed by atoms with Crippen LogP contribution in [0.3, 0.4) is 0 Å². The first kappa shape index (κ1) is 9.46. The number of ketones is 1. The van der Waals surface area contributed by atoms with E-state index in [1.54, 1.807) is 6.92 Å². The number of nitrogens with one attached hydrogen (secondary N) is 1. The van der Waals surface area contributed by atoms with Gasteiger partial charge in [-0.2, -0.15) is 0 Å². The fourth-order valence-electron chi connectivity index (χ4n) is 1.72. The number of hydrogen-bond acceptors (Lipinski definition) is 2. The topological polar surface area (TPSA) is 29.1 Å². The second-order valence-corrected chi connectivity index (χ2v) is 3.64. The molecular formula is C10H17NO. The van der Waals surface area contributed by atoms with E-state index >= 15 is 0 Å². The predicted molar refractivity (Wildman–Crippen MR) is 50.0 cm³/mol. The highest BCUT2D eigenvalue weighted by Crippen LogP contribution is 2.19. The van der Waals surface area contributed by atoms with Gasteiger partial charge in [0.25, 0.3) is 0 Å². The average Bonchev–Trinajstić information content (AvgIpc) is 2.04. The summed E-state index contributed by atoms with van der Waals surface area (Å²) in [5.41, 5.74) is 0.690. The number of rotatable bonds is 2. The number of carbonyl (C=O) groups is 1. The molecule has 2 atom stereocenters. The Morgan fingerprint density at radius 2 is 2.25 bits per heavy atom. The van der Waals surface area contributed by atoms with Gasteiger partial charge in [-0.25, -0.2) is 0 Å². The van der Waals surface area contributed by atoms with E-state index in [0.29, 0.717) is 11.6 Å². The molecule has 1 heterocycles. The van der Waals surface area contributed by atoms with E-state index in [2.05, 4.69) is 18.8 Å². The Bertz CT molecular complexity index is 198. The lowest BCUT2D eigenvalue weighted by Gasteiger charge is -2.28. The summed E-state index contributed by atoms with van der Waals surface area (Å²) in [6.45, 7) is 8.60. The zero-order chi connectivity index (χ0) is 9.14. The summed E-state index contributed by atoms with van der Waals surface area (Å²) in [7, 11) is 0. The maximum Gasteiger partial charge on any atom is 0.162 e. The minimum Gasteiger partial charge on any atom is -0.314 e. The van der Waals surface area contributed by atoms with E-state index in [4.69, 9.17) is 0 Å². The largest absolute Gasteiger partial charge is 0.314 e. The fraction of sp³-hybridized carbons (Fsp3) is 0.700. The van der Waals surface area contributed by atoms with Crippen molar-refractivity contribution in [3.8, 4) is 0 Å². The molecule has 0 aliphatic carbocycles. The molecule has 1 N–H and O–H groups in total. The van der Waals surface area contributed by atoms with Crippen molar-refractivity contribution in [1.82, 2.24) is 5.32 Å². The van der Waals surface area contributed by atoms with Crippen LogP contribution in [0.2, 0.25) is 0 Å². The van der Waals surface area contributed by atoms with E-state index in [1.807, 2.05) is 0 Å². The first-order valence-corrected chi connectivity index (χ1v) is 4.56. The molecule has 1 saturated heterocycles. The van der Waals surface area contributed by atoms with Gasteiger partial charge < -0.3 is 5.32 Å². The van der Waals surface area contributed by atoms with Gasteiger partial charge in [0.05, 0.1) is 0 Å². The Hall–Kier alpha value is -0.630. The van der Waals surface area contributed by atoms with E-state index in [9.17, 15) is 4.79 Å². The number of Topliss-reactive ketones (excluding diaryl/α,β-unsaturated/α-hetero) is 1. The van der Waals surface area contributed by atoms with Crippen molar-refractivity contribution in [2.45, 2.75) is 32.7 Å². The minimum atomic E-state index is 0.163. The van der Waals surface area contributed by atoms with Gasteiger partial charge in [0.1, 0.15) is 0 Å². The van der Waals surface area contributed by atoms with Crippen LogP contribution in [0.5, 0.6) is 0 Å². The van der Waals surface area contributed by atoms with Crippen molar-refractivity contribution < 1.29 is 4.79 Å². The van der Waals surface area contributed by atoms with E-state index in [0.717, 1.165) is 19.4 Å². The Morgan fingerprint density at radius 1 is 1.58 bits per heavy atom. The molecule has 1 rings (SSSR count). The molecule has 2 unspecified atom stereocenters. The predicted octanol–water partition coefficient (Wildman–Crippen LogP) is 1.52. The Labute approximate surface area is 74.0 Å². The lowest BCUT2D eigenvalue weighted by Crippen LogP contribution is -2.42. The van der Waals surface area contributed by atoms with Crippen LogP contribution >= 0.6 is 0 Å². The molecule has 0 saturated carbocycles. The Balaban J connectivity index is 2.59. The number of carbonyl (C=O) groups excluding carboxylic acids is 1. The number of allylic oxidation sites excluding steroid dienone is 1. The molecular weight excluding hydrogens is 150 g/mol. The molecule has 0 amide bonds. The van der Waals surface area contributed by atoms with Gasteiger partial charge in [-0.05, 0) is 38.8 Å². The SMILES string of the molecule is C=C(C)C(=O)C1CCCNC1C. The number of hydrogen-bond donors (Lipinski definition) is 1. The van der Waals surface area contributed by atoms with Crippen LogP contribution in [0.1, 0.15) is 26.7 Å². The highest BCUT2D eigenvalue weighted by Gasteiger charge is 2.27. The lowest BCUT2D eigenvalue weighted by atomic mass is 9.86. The molecule has 2 nitrogen and oxygen atoms in total. The second-order valence-electron chi connectivity index (χ2n) is 3.64. The molecule has 0 aromatic heterocycles. The molecule has 12 heavy (non-hydrogen) atoms. The van der Waals surface area contributed by atoms with Crippen LogP contribution in [-0.4, -0.2) is 18.4 Å². The number of piperidine rings is 1. The van der Waals surface area contributed by atoms with Crippen LogP contribution < -0.4 is 5.32 Å². The zero-order valence-electron chi connectivity index (χ0n) is 7.89. The Kier molecular flexibility index (Phi) is 3.04. The van der Waals surface area contributed by atoms with E-state index < -0.39 is 0 Å². The van der Waals surface area contributed by atoms with Gasteiger partial charge in [-0.3, -0.25) is 4.79 Å². The molecule has 1 aliphatic heterocycles. The van der Waals surface area contributed by atoms with Crippen LogP contribution in [0, 0.1) is 5.92 Å². The van der Waals surface area contributed by atoms with Gasteiger partial charge in [0.2, 0.25) is 0 Å². The minimum absolute atomic E-state index is 0.163. The molecule has 0 aromatic rings. The van der Waals surface area contributed by atoms with Crippen LogP contribution in [0.15, 0.2) is 12.2 Å². The monoisotopic (exact) mass is 167 g/mol. The highest BCUT2D eigenvalue weighted by molar-refractivity contribution is 5.96. The summed E-state index contributed by atoms with van der Waals surface area (Å²) in [4.78, 5) is 11.6. The third-order valence-electron chi connectivity index (χ3n) is 2.52. The zero-order valence-corrected chi connectivity index (χ0v) is 7.89. The van der Waals surface area contributed by atoms with Gasteiger partial charge >= 0.3 is 0 Å². The van der Waals surface area contributed by atoms with Crippen LogP contribution in [-0.2, 0) is 4.79 Å². The summed E-state index contributed by atoms with van der Waals surface area (Å²) in [5.74, 6) is 0.394. The third kappa shape index (κ3) is 1.95. The smallest absolute Gasteiger partial charge is 0.162 e. The first-order valence-electron chi connectivity index (χ1n) is 4.56. The van der Waals surface area contributed by atoms with Gasteiger partial charge in [0.15, 0.2) is 5.78 Å². The molecule has 0 radical (unpaired) electrons. The molecule has 2 heteroatoms. The molecule has 0 spiro atoms. The summed E-state index contributed by atoms with van der Waals surface area (Å²) in [6.07, 6.45) is 2.12. The second kappa shape index (κ2) is 3.85. The lowest BCUT2D eigenvalue weighted by molar-refractivity contribution is -0.120. The average molecular weight is 167 g/mol. The van der Waals surface area contributed by atoms with Crippen molar-refractivity contribution in [1.29, 1.82) is 0 Å². The van der Waals surface area contributed by atoms with E-state index in [1.165, 1.54) is 0 Å². The van der Waals surface area contributed by atoms with Crippen molar-refractivity contribution in [3.63, 3.8) is 0 Å². The van der Waals surface area contributed by atoms with Gasteiger partial charge in [-0.1, -0.05) is 6.58 Å². The molecule has 68 valence electrons. The normalized spacial score (nSPS) is 29.8. The Morgan fingerprint density at radius 3 is 2.75 bits per heavy atom. The molecule has 0 aromatic carbocycles. The molecule has 0 bridgehead atoms. The summed E-state index contributed by atoms with van der Waals surface area (Å²) in [6, 6.07) is 0.322. The summed E-state index contributed by atoms with van der Waals surface area (Å²) in [5, 5.41) is 3.31. The highest BCUT2D eigenvalue weighted by atomic mass is 16.1. The first-order chi connectivity index (χ1) is 5.63. The van der Waals surface area contributed by atoms with Crippen LogP contribution in [0.25, 0.3) is 0 Å². The van der Waals surface area contributed by atoms with Crippen molar-refractivity contribution >= 4 is 5.78 Å². The van der Waals surface area contributed by atoms with Crippen molar-refractivity contribution in [3.05, 3.63) is 12.2 Å². The van der Waals surface area contributed by atoms with Gasteiger partial charge in [0, 0.05) is 12.0 Å². The third-order valence-corrected chi connectivity index (χ3v) is 2.52. The summed E-state index contributed by atoms with van der Waals surface area (Å²) < 4.78 is 0. The molecule has 1 fully saturated rings. The maximum absolute atomic E-state index is 11.6. The van der Waals surface area contributed by atoms with Crippen molar-refractivity contribution in [2.75, 3.05) is 6.54 Å². The quantitative estimate of drug-likeness (QED) is 0.632. The fourth-order valence-corrected chi connectivity index (χ4v) is 1.72. The molecule has 1 aliphatic rings. The van der Waals surface area contributed by atoms with E-state index in [-0.39, 0.29) is 11.7 Å². The van der Waals surface area contributed by atoms with Crippen molar-refractivity contribution in [2.24, 2.45) is 5.92 Å². The summed E-state index contributed by atoms with van der Waals surface area (Å²) >= 11 is 0.